The first-order valence-electron chi connectivity index (χ1n) is 10.0. The summed E-state index contributed by atoms with van der Waals surface area (Å²) in [4.78, 5) is 28.1. The van der Waals surface area contributed by atoms with E-state index in [0.717, 1.165) is 38.5 Å². The third kappa shape index (κ3) is 3.50. The number of fused-ring (bicyclic) bond motifs is 1. The Hall–Kier alpha value is -2.21. The van der Waals surface area contributed by atoms with E-state index in [0.29, 0.717) is 13.1 Å². The topological polar surface area (TPSA) is 82.0 Å². The number of likely N-dealkylation sites (tertiary alicyclic amines) is 1. The molecule has 2 N–H and O–H groups in total. The molecular formula is C21H27N3O3. The number of hydrogen-bond donors (Lipinski definition) is 2. The largest absolute Gasteiger partial charge is 0.411 e. The van der Waals surface area contributed by atoms with Gasteiger partial charge in [0, 0.05) is 18.4 Å². The Morgan fingerprint density at radius 3 is 2.81 bits per heavy atom. The van der Waals surface area contributed by atoms with Gasteiger partial charge in [0.15, 0.2) is 0 Å². The smallest absolute Gasteiger partial charge is 0.241 e. The first kappa shape index (κ1) is 18.2. The van der Waals surface area contributed by atoms with E-state index in [2.05, 4.69) is 28.7 Å². The van der Waals surface area contributed by atoms with Crippen molar-refractivity contribution in [3.63, 3.8) is 0 Å². The molecule has 0 radical (unpaired) electrons. The molecule has 0 spiro atoms. The Kier molecular flexibility index (Phi) is 5.25. The van der Waals surface area contributed by atoms with Gasteiger partial charge in [-0.15, -0.1) is 0 Å². The maximum absolute atomic E-state index is 13.3. The van der Waals surface area contributed by atoms with Crippen LogP contribution in [0.25, 0.3) is 0 Å². The van der Waals surface area contributed by atoms with Gasteiger partial charge >= 0.3 is 0 Å². The van der Waals surface area contributed by atoms with Crippen molar-refractivity contribution < 1.29 is 14.8 Å². The number of nitrogens with one attached hydrogen (secondary N) is 1. The minimum absolute atomic E-state index is 0.00785. The molecule has 1 aromatic rings. The van der Waals surface area contributed by atoms with Gasteiger partial charge in [-0.25, -0.2) is 0 Å². The lowest BCUT2D eigenvalue weighted by molar-refractivity contribution is -0.138. The van der Waals surface area contributed by atoms with Crippen LogP contribution in [0.1, 0.15) is 36.8 Å². The van der Waals surface area contributed by atoms with Crippen LogP contribution in [0.4, 0.5) is 0 Å². The van der Waals surface area contributed by atoms with Crippen molar-refractivity contribution in [2.45, 2.75) is 50.6 Å². The molecule has 4 rings (SSSR count). The molecule has 1 aliphatic carbocycles. The molecule has 2 fully saturated rings. The Morgan fingerprint density at radius 2 is 2.00 bits per heavy atom. The number of aryl methyl sites for hydroxylation is 1. The number of nitrogens with zero attached hydrogens (tertiary/aromatic N) is 2. The van der Waals surface area contributed by atoms with Crippen LogP contribution in [0.3, 0.4) is 0 Å². The van der Waals surface area contributed by atoms with Gasteiger partial charge in [0.2, 0.25) is 5.91 Å². The van der Waals surface area contributed by atoms with Gasteiger partial charge in [-0.1, -0.05) is 29.4 Å². The zero-order chi connectivity index (χ0) is 18.8. The minimum Gasteiger partial charge on any atom is -0.411 e. The molecule has 1 unspecified atom stereocenters. The second kappa shape index (κ2) is 7.80. The Labute approximate surface area is 159 Å². The molecule has 0 bridgehead atoms. The molecule has 2 aliphatic heterocycles. The van der Waals surface area contributed by atoms with Crippen molar-refractivity contribution in [1.29, 1.82) is 0 Å². The van der Waals surface area contributed by atoms with E-state index >= 15 is 0 Å². The summed E-state index contributed by atoms with van der Waals surface area (Å²) in [7, 11) is 0. The van der Waals surface area contributed by atoms with E-state index in [1.807, 2.05) is 6.07 Å². The predicted octanol–water partition coefficient (Wildman–Crippen LogP) is 1.79. The maximum atomic E-state index is 13.3. The fourth-order valence-electron chi connectivity index (χ4n) is 4.99. The van der Waals surface area contributed by atoms with Gasteiger partial charge in [-0.2, -0.15) is 0 Å². The summed E-state index contributed by atoms with van der Waals surface area (Å²) in [6.45, 7) is 1.36. The molecular weight excluding hydrogens is 342 g/mol. The first-order valence-corrected chi connectivity index (χ1v) is 10.0. The summed E-state index contributed by atoms with van der Waals surface area (Å²) >= 11 is 0. The van der Waals surface area contributed by atoms with Crippen molar-refractivity contribution >= 4 is 17.9 Å². The lowest BCUT2D eigenvalue weighted by Gasteiger charge is -2.30. The van der Waals surface area contributed by atoms with E-state index in [4.69, 9.17) is 5.21 Å². The lowest BCUT2D eigenvalue weighted by Crippen LogP contribution is -2.50. The van der Waals surface area contributed by atoms with E-state index in [1.165, 1.54) is 17.3 Å². The molecule has 4 atom stereocenters. The highest BCUT2D eigenvalue weighted by Crippen LogP contribution is 2.31. The van der Waals surface area contributed by atoms with Crippen LogP contribution in [-0.2, 0) is 22.4 Å². The SMILES string of the molecule is O=C(C1CCN[C@H]1C(=O)N1CCC[C@H]1C=NO)[C@H]1CCc2ccccc2C1. The van der Waals surface area contributed by atoms with Crippen LogP contribution >= 0.6 is 0 Å². The number of rotatable bonds is 4. The predicted molar refractivity (Wildman–Crippen MR) is 102 cm³/mol. The molecule has 1 amide bonds. The average Bonchev–Trinajstić information content (AvgIpc) is 3.36. The van der Waals surface area contributed by atoms with Crippen molar-refractivity contribution in [2.75, 3.05) is 13.1 Å². The van der Waals surface area contributed by atoms with Gasteiger partial charge in [0.1, 0.15) is 5.78 Å². The van der Waals surface area contributed by atoms with Crippen LogP contribution in [0, 0.1) is 11.8 Å². The van der Waals surface area contributed by atoms with Crippen LogP contribution in [-0.4, -0.2) is 53.2 Å². The first-order chi connectivity index (χ1) is 13.2. The third-order valence-electron chi connectivity index (χ3n) is 6.42. The van der Waals surface area contributed by atoms with Gasteiger partial charge in [0.05, 0.1) is 18.3 Å². The zero-order valence-corrected chi connectivity index (χ0v) is 15.5. The molecule has 1 aromatic carbocycles. The highest BCUT2D eigenvalue weighted by atomic mass is 16.4. The molecule has 0 aromatic heterocycles. The van der Waals surface area contributed by atoms with Crippen LogP contribution in [0.5, 0.6) is 0 Å². The Morgan fingerprint density at radius 1 is 1.19 bits per heavy atom. The van der Waals surface area contributed by atoms with Gasteiger partial charge < -0.3 is 15.4 Å². The minimum atomic E-state index is -0.442. The second-order valence-electron chi connectivity index (χ2n) is 7.94. The maximum Gasteiger partial charge on any atom is 0.241 e. The summed E-state index contributed by atoms with van der Waals surface area (Å²) < 4.78 is 0. The standard InChI is InChI=1S/C21H27N3O3/c25-20(16-8-7-14-4-1-2-5-15(14)12-16)18-9-10-22-19(18)21(26)24-11-3-6-17(24)13-23-27/h1-2,4-5,13,16-19,22,27H,3,6-12H2/t16-,17-,18?,19+/m0/s1. The van der Waals surface area contributed by atoms with E-state index in [9.17, 15) is 9.59 Å². The van der Waals surface area contributed by atoms with E-state index in [1.54, 1.807) is 4.90 Å². The van der Waals surface area contributed by atoms with Gasteiger partial charge in [0.25, 0.3) is 0 Å². The average molecular weight is 369 g/mol. The van der Waals surface area contributed by atoms with Crippen molar-refractivity contribution in [2.24, 2.45) is 17.0 Å². The van der Waals surface area contributed by atoms with Gasteiger partial charge in [-0.05, 0) is 56.2 Å². The van der Waals surface area contributed by atoms with E-state index < -0.39 is 6.04 Å². The van der Waals surface area contributed by atoms with Crippen molar-refractivity contribution in [3.05, 3.63) is 35.4 Å². The lowest BCUT2D eigenvalue weighted by atomic mass is 9.77. The van der Waals surface area contributed by atoms with Gasteiger partial charge in [-0.3, -0.25) is 9.59 Å². The number of Topliss-reactive ketones (excluding diaryl/α,β-unsaturated/α-hetero) is 1. The molecule has 2 heterocycles. The second-order valence-corrected chi connectivity index (χ2v) is 7.94. The van der Waals surface area contributed by atoms with Crippen LogP contribution < -0.4 is 5.32 Å². The number of benzene rings is 1. The Balaban J connectivity index is 1.47. The monoisotopic (exact) mass is 369 g/mol. The molecule has 6 nitrogen and oxygen atoms in total. The molecule has 144 valence electrons. The Bertz CT molecular complexity index is 748. The normalized spacial score (nSPS) is 30.6. The van der Waals surface area contributed by atoms with Crippen LogP contribution in [0.2, 0.25) is 0 Å². The zero-order valence-electron chi connectivity index (χ0n) is 15.5. The molecule has 27 heavy (non-hydrogen) atoms. The number of oxime groups is 1. The fourth-order valence-corrected chi connectivity index (χ4v) is 4.99. The molecule has 2 saturated heterocycles. The number of carbonyl (C=O) groups is 2. The number of hydrogen-bond acceptors (Lipinski definition) is 5. The van der Waals surface area contributed by atoms with E-state index in [-0.39, 0.29) is 29.6 Å². The molecule has 6 heteroatoms. The molecule has 0 saturated carbocycles. The summed E-state index contributed by atoms with van der Waals surface area (Å²) in [6.07, 6.45) is 6.45. The molecule has 3 aliphatic rings. The highest BCUT2D eigenvalue weighted by Gasteiger charge is 2.43. The number of amides is 1. The number of carbonyl (C=O) groups excluding carboxylic acids is 2. The summed E-state index contributed by atoms with van der Waals surface area (Å²) in [6, 6.07) is 7.75. The van der Waals surface area contributed by atoms with Crippen molar-refractivity contribution in [1.82, 2.24) is 10.2 Å². The quantitative estimate of drug-likeness (QED) is 0.482. The summed E-state index contributed by atoms with van der Waals surface area (Å²) in [5.41, 5.74) is 2.62. The highest BCUT2D eigenvalue weighted by molar-refractivity contribution is 5.94. The van der Waals surface area contributed by atoms with Crippen molar-refractivity contribution in [3.8, 4) is 0 Å². The third-order valence-corrected chi connectivity index (χ3v) is 6.42. The number of ketones is 1. The van der Waals surface area contributed by atoms with Crippen LogP contribution in [0.15, 0.2) is 29.4 Å². The summed E-state index contributed by atoms with van der Waals surface area (Å²) in [5.74, 6) is -0.0301. The summed E-state index contributed by atoms with van der Waals surface area (Å²) in [5, 5.41) is 15.2. The fraction of sp³-hybridized carbons (Fsp3) is 0.571.